The largest absolute Gasteiger partial charge is 0.489 e. The standard InChI is InChI=1S/C16H22BrN3O5/c1-20-9-12(17)13(8-15(20)22)25-11-4-2-10(3-5-11)19-14(21)6-7-18-16(23)24/h8-11,18H,2-7H2,1H3,(H,19,21)(H,23,24). The normalized spacial score (nSPS) is 19.9. The highest BCUT2D eigenvalue weighted by molar-refractivity contribution is 9.10. The Bertz CT molecular complexity index is 683. The third-order valence-electron chi connectivity index (χ3n) is 4.11. The number of aromatic nitrogens is 1. The summed E-state index contributed by atoms with van der Waals surface area (Å²) in [6.45, 7) is 0.108. The van der Waals surface area contributed by atoms with Gasteiger partial charge in [-0.25, -0.2) is 4.79 Å². The van der Waals surface area contributed by atoms with Crippen LogP contribution in [0.2, 0.25) is 0 Å². The van der Waals surface area contributed by atoms with Crippen molar-refractivity contribution in [3.63, 3.8) is 0 Å². The van der Waals surface area contributed by atoms with Gasteiger partial charge in [-0.2, -0.15) is 0 Å². The van der Waals surface area contributed by atoms with Crippen molar-refractivity contribution in [3.05, 3.63) is 27.1 Å². The van der Waals surface area contributed by atoms with Gasteiger partial charge >= 0.3 is 6.09 Å². The molecule has 1 fully saturated rings. The number of pyridine rings is 1. The topological polar surface area (TPSA) is 110 Å². The summed E-state index contributed by atoms with van der Waals surface area (Å²) in [4.78, 5) is 33.8. The lowest BCUT2D eigenvalue weighted by atomic mass is 9.93. The van der Waals surface area contributed by atoms with Crippen molar-refractivity contribution in [1.82, 2.24) is 15.2 Å². The summed E-state index contributed by atoms with van der Waals surface area (Å²) >= 11 is 3.40. The first-order valence-corrected chi connectivity index (χ1v) is 8.93. The lowest BCUT2D eigenvalue weighted by molar-refractivity contribution is -0.122. The fraction of sp³-hybridized carbons (Fsp3) is 0.562. The van der Waals surface area contributed by atoms with E-state index in [0.29, 0.717) is 5.75 Å². The van der Waals surface area contributed by atoms with Crippen LogP contribution in [-0.2, 0) is 11.8 Å². The number of hydrogen-bond acceptors (Lipinski definition) is 4. The highest BCUT2D eigenvalue weighted by Gasteiger charge is 2.24. The van der Waals surface area contributed by atoms with Crippen LogP contribution in [0.3, 0.4) is 0 Å². The molecule has 2 rings (SSSR count). The highest BCUT2D eigenvalue weighted by atomic mass is 79.9. The summed E-state index contributed by atoms with van der Waals surface area (Å²) in [7, 11) is 1.68. The lowest BCUT2D eigenvalue weighted by Gasteiger charge is -2.29. The molecule has 2 amide bonds. The van der Waals surface area contributed by atoms with E-state index in [2.05, 4.69) is 26.6 Å². The Morgan fingerprint density at radius 3 is 2.68 bits per heavy atom. The van der Waals surface area contributed by atoms with Crippen molar-refractivity contribution in [2.45, 2.75) is 44.2 Å². The molecule has 0 radical (unpaired) electrons. The van der Waals surface area contributed by atoms with Gasteiger partial charge in [-0.1, -0.05) is 0 Å². The Kier molecular flexibility index (Phi) is 6.86. The molecule has 1 aromatic heterocycles. The van der Waals surface area contributed by atoms with E-state index in [1.54, 1.807) is 13.2 Å². The molecular weight excluding hydrogens is 394 g/mol. The van der Waals surface area contributed by atoms with Crippen LogP contribution in [0, 0.1) is 0 Å². The smallest absolute Gasteiger partial charge is 0.404 e. The van der Waals surface area contributed by atoms with Gasteiger partial charge in [0, 0.05) is 38.3 Å². The zero-order chi connectivity index (χ0) is 18.4. The van der Waals surface area contributed by atoms with Crippen LogP contribution in [-0.4, -0.2) is 40.4 Å². The number of rotatable bonds is 6. The number of amides is 2. The first kappa shape index (κ1) is 19.3. The Balaban J connectivity index is 1.76. The van der Waals surface area contributed by atoms with Crippen LogP contribution < -0.4 is 20.9 Å². The molecule has 1 heterocycles. The minimum Gasteiger partial charge on any atom is -0.489 e. The highest BCUT2D eigenvalue weighted by Crippen LogP contribution is 2.28. The SMILES string of the molecule is Cn1cc(Br)c(OC2CCC(NC(=O)CCNC(=O)O)CC2)cc1=O. The monoisotopic (exact) mass is 415 g/mol. The molecule has 0 bridgehead atoms. The van der Waals surface area contributed by atoms with Gasteiger partial charge in [0.2, 0.25) is 5.91 Å². The predicted octanol–water partition coefficient (Wildman–Crippen LogP) is 1.61. The number of nitrogens with zero attached hydrogens (tertiary/aromatic N) is 1. The van der Waals surface area contributed by atoms with Gasteiger partial charge in [0.1, 0.15) is 5.75 Å². The average Bonchev–Trinajstić information content (AvgIpc) is 2.54. The molecular formula is C16H22BrN3O5. The van der Waals surface area contributed by atoms with E-state index in [-0.39, 0.29) is 36.6 Å². The number of nitrogens with one attached hydrogen (secondary N) is 2. The van der Waals surface area contributed by atoms with E-state index in [4.69, 9.17) is 9.84 Å². The summed E-state index contributed by atoms with van der Waals surface area (Å²) in [5.41, 5.74) is -0.130. The van der Waals surface area contributed by atoms with Gasteiger partial charge in [0.15, 0.2) is 0 Å². The van der Waals surface area contributed by atoms with E-state index in [1.807, 2.05) is 0 Å². The zero-order valence-electron chi connectivity index (χ0n) is 14.0. The number of halogens is 1. The Morgan fingerprint density at radius 1 is 1.36 bits per heavy atom. The third kappa shape index (κ3) is 6.08. The molecule has 0 aromatic carbocycles. The number of hydrogen-bond donors (Lipinski definition) is 3. The Hall–Kier alpha value is -2.03. The molecule has 0 aliphatic heterocycles. The maximum atomic E-state index is 11.8. The molecule has 3 N–H and O–H groups in total. The lowest BCUT2D eigenvalue weighted by Crippen LogP contribution is -2.40. The van der Waals surface area contributed by atoms with Crippen molar-refractivity contribution >= 4 is 27.9 Å². The molecule has 0 saturated heterocycles. The van der Waals surface area contributed by atoms with Crippen LogP contribution >= 0.6 is 15.9 Å². The van der Waals surface area contributed by atoms with Gasteiger partial charge < -0.3 is 25.0 Å². The van der Waals surface area contributed by atoms with Crippen molar-refractivity contribution in [2.24, 2.45) is 7.05 Å². The van der Waals surface area contributed by atoms with Crippen LogP contribution in [0.15, 0.2) is 21.5 Å². The number of aryl methyl sites for hydroxylation is 1. The van der Waals surface area contributed by atoms with E-state index in [1.165, 1.54) is 10.6 Å². The summed E-state index contributed by atoms with van der Waals surface area (Å²) < 4.78 is 8.13. The fourth-order valence-corrected chi connectivity index (χ4v) is 3.27. The first-order chi connectivity index (χ1) is 11.8. The van der Waals surface area contributed by atoms with E-state index >= 15 is 0 Å². The molecule has 1 saturated carbocycles. The molecule has 25 heavy (non-hydrogen) atoms. The number of ether oxygens (including phenoxy) is 1. The number of carbonyl (C=O) groups is 2. The fourth-order valence-electron chi connectivity index (χ4n) is 2.76. The quantitative estimate of drug-likeness (QED) is 0.653. The van der Waals surface area contributed by atoms with Crippen molar-refractivity contribution < 1.29 is 19.4 Å². The maximum absolute atomic E-state index is 11.8. The van der Waals surface area contributed by atoms with Crippen LogP contribution in [0.4, 0.5) is 4.79 Å². The second-order valence-electron chi connectivity index (χ2n) is 6.08. The van der Waals surface area contributed by atoms with E-state index in [9.17, 15) is 14.4 Å². The molecule has 8 nitrogen and oxygen atoms in total. The van der Waals surface area contributed by atoms with E-state index in [0.717, 1.165) is 30.2 Å². The van der Waals surface area contributed by atoms with Gasteiger partial charge in [0.05, 0.1) is 10.6 Å². The second-order valence-corrected chi connectivity index (χ2v) is 6.93. The molecule has 1 aliphatic rings. The van der Waals surface area contributed by atoms with E-state index < -0.39 is 6.09 Å². The van der Waals surface area contributed by atoms with Crippen LogP contribution in [0.1, 0.15) is 32.1 Å². The predicted molar refractivity (Wildman–Crippen MR) is 94.8 cm³/mol. The summed E-state index contributed by atoms with van der Waals surface area (Å²) in [6, 6.07) is 1.54. The van der Waals surface area contributed by atoms with Crippen LogP contribution in [0.25, 0.3) is 0 Å². The first-order valence-electron chi connectivity index (χ1n) is 8.14. The number of carboxylic acid groups (broad SMARTS) is 1. The molecule has 0 spiro atoms. The molecule has 0 atom stereocenters. The maximum Gasteiger partial charge on any atom is 0.404 e. The second kappa shape index (κ2) is 8.89. The summed E-state index contributed by atoms with van der Waals surface area (Å²) in [5, 5.41) is 13.5. The van der Waals surface area contributed by atoms with Crippen molar-refractivity contribution in [3.8, 4) is 5.75 Å². The van der Waals surface area contributed by atoms with Crippen molar-refractivity contribution in [2.75, 3.05) is 6.54 Å². The molecule has 1 aliphatic carbocycles. The molecule has 9 heteroatoms. The Morgan fingerprint density at radius 2 is 2.04 bits per heavy atom. The van der Waals surface area contributed by atoms with Gasteiger partial charge in [-0.15, -0.1) is 0 Å². The number of carbonyl (C=O) groups excluding carboxylic acids is 1. The third-order valence-corrected chi connectivity index (χ3v) is 4.70. The minimum absolute atomic E-state index is 0.00485. The summed E-state index contributed by atoms with van der Waals surface area (Å²) in [5.74, 6) is 0.378. The van der Waals surface area contributed by atoms with Gasteiger partial charge in [-0.3, -0.25) is 9.59 Å². The molecule has 0 unspecified atom stereocenters. The minimum atomic E-state index is -1.13. The van der Waals surface area contributed by atoms with Gasteiger partial charge in [-0.05, 0) is 41.6 Å². The zero-order valence-corrected chi connectivity index (χ0v) is 15.5. The molecule has 138 valence electrons. The average molecular weight is 416 g/mol. The Labute approximate surface area is 153 Å². The molecule has 1 aromatic rings. The van der Waals surface area contributed by atoms with Crippen LogP contribution in [0.5, 0.6) is 5.75 Å². The van der Waals surface area contributed by atoms with Gasteiger partial charge in [0.25, 0.3) is 5.56 Å². The summed E-state index contributed by atoms with van der Waals surface area (Å²) in [6.07, 6.45) is 3.80. The van der Waals surface area contributed by atoms with Crippen molar-refractivity contribution in [1.29, 1.82) is 0 Å².